The van der Waals surface area contributed by atoms with Crippen molar-refractivity contribution in [2.75, 3.05) is 18.9 Å². The third kappa shape index (κ3) is 5.34. The second kappa shape index (κ2) is 10.7. The Morgan fingerprint density at radius 1 is 0.929 bits per heavy atom. The molecule has 23 heteroatoms. The minimum absolute atomic E-state index is 0.0109. The van der Waals surface area contributed by atoms with Crippen LogP contribution in [-0.2, 0) is 36.7 Å². The van der Waals surface area contributed by atoms with Crippen molar-refractivity contribution in [3.63, 3.8) is 0 Å². The fourth-order valence-electron chi connectivity index (χ4n) is 4.78. The van der Waals surface area contributed by atoms with Crippen LogP contribution in [0.15, 0.2) is 34.5 Å². The normalized spacial score (nSPS) is 39.3. The SMILES string of the molecule is Nc1ncnc2c1ncn2[C@@H]1O[C@@H]2COP(=O)([O-])O[C@@H]3[C@H](O)[C@@H](COP(=O)([O-])O[C@H]2[C@H]1O)O[C@H]3n1ccc(=O)[nH]c1=O. The summed E-state index contributed by atoms with van der Waals surface area (Å²) in [6.07, 6.45) is -10.3. The van der Waals surface area contributed by atoms with E-state index in [4.69, 9.17) is 33.3 Å². The molecule has 5 N–H and O–H groups in total. The van der Waals surface area contributed by atoms with Crippen molar-refractivity contribution < 1.29 is 56.7 Å². The quantitative estimate of drug-likeness (QED) is 0.197. The average Bonchev–Trinajstić information content (AvgIpc) is 3.57. The van der Waals surface area contributed by atoms with Crippen LogP contribution in [-0.4, -0.2) is 89.1 Å². The summed E-state index contributed by atoms with van der Waals surface area (Å²) in [6.45, 7) is -1.88. The van der Waals surface area contributed by atoms with Crippen molar-refractivity contribution in [2.45, 2.75) is 49.1 Å². The molecule has 10 atom stereocenters. The van der Waals surface area contributed by atoms with Crippen LogP contribution >= 0.6 is 15.6 Å². The van der Waals surface area contributed by atoms with Gasteiger partial charge >= 0.3 is 5.69 Å². The van der Waals surface area contributed by atoms with Crippen molar-refractivity contribution in [2.24, 2.45) is 0 Å². The lowest BCUT2D eigenvalue weighted by Crippen LogP contribution is -2.40. The molecule has 0 aromatic carbocycles. The van der Waals surface area contributed by atoms with E-state index in [-0.39, 0.29) is 17.0 Å². The van der Waals surface area contributed by atoms with E-state index >= 15 is 0 Å². The molecule has 2 unspecified atom stereocenters. The molecule has 2 bridgehead atoms. The molecule has 0 saturated carbocycles. The van der Waals surface area contributed by atoms with Crippen molar-refractivity contribution in [1.29, 1.82) is 0 Å². The maximum atomic E-state index is 12.9. The minimum atomic E-state index is -5.38. The lowest BCUT2D eigenvalue weighted by molar-refractivity contribution is -0.240. The molecule has 228 valence electrons. The number of aliphatic hydroxyl groups excluding tert-OH is 2. The smallest absolute Gasteiger partial charge is 0.330 e. The molecule has 3 aromatic heterocycles. The van der Waals surface area contributed by atoms with Gasteiger partial charge in [-0.1, -0.05) is 0 Å². The standard InChI is InChI=1S/C19H23N7O14P2/c20-15-10-16(22-5-21-15)26(6-23-10)17-12(29)13-8(38-17)4-36-42(33,34)40-14-11(28)7(3-35-41(31,32)39-13)37-18(14)25-2-1-9(27)24-19(25)30/h1-2,5-8,11-14,17-18,28-29H,3-4H2,(H,31,32)(H,33,34)(H2,20,21,22)(H,24,27,30)/p-2/t7-,8-,11-,12-,13-,14-,17-,18-/m1/s1. The number of nitrogens with two attached hydrogens (primary N) is 1. The number of aromatic amines is 1. The van der Waals surface area contributed by atoms with E-state index in [0.717, 1.165) is 23.2 Å². The molecule has 6 rings (SSSR count). The van der Waals surface area contributed by atoms with E-state index in [2.05, 4.69) is 15.0 Å². The number of nitrogens with zero attached hydrogens (tertiary/aromatic N) is 5. The van der Waals surface area contributed by atoms with Crippen LogP contribution in [0.3, 0.4) is 0 Å². The summed E-state index contributed by atoms with van der Waals surface area (Å²) in [5, 5.41) is 21.8. The number of nitrogens with one attached hydrogen (secondary N) is 1. The summed E-state index contributed by atoms with van der Waals surface area (Å²) in [5.41, 5.74) is 4.22. The highest BCUT2D eigenvalue weighted by Crippen LogP contribution is 2.50. The number of aromatic nitrogens is 6. The molecular formula is C19H21N7O14P2-2. The maximum Gasteiger partial charge on any atom is 0.330 e. The Morgan fingerprint density at radius 3 is 2.31 bits per heavy atom. The van der Waals surface area contributed by atoms with Gasteiger partial charge in [0.1, 0.15) is 48.5 Å². The third-order valence-electron chi connectivity index (χ3n) is 6.70. The second-order valence-electron chi connectivity index (χ2n) is 9.34. The number of ether oxygens (including phenoxy) is 2. The predicted octanol–water partition coefficient (Wildman–Crippen LogP) is -3.77. The number of nitrogen functional groups attached to an aromatic ring is 1. The lowest BCUT2D eigenvalue weighted by Gasteiger charge is -2.32. The summed E-state index contributed by atoms with van der Waals surface area (Å²) < 4.78 is 58.7. The number of aliphatic hydroxyl groups is 2. The van der Waals surface area contributed by atoms with E-state index in [1.807, 2.05) is 4.98 Å². The molecule has 3 fully saturated rings. The topological polar surface area (TPSA) is 301 Å². The van der Waals surface area contributed by atoms with E-state index in [9.17, 15) is 38.7 Å². The summed E-state index contributed by atoms with van der Waals surface area (Å²) in [4.78, 5) is 63.3. The summed E-state index contributed by atoms with van der Waals surface area (Å²) in [5.74, 6) is 0.0109. The van der Waals surface area contributed by atoms with Gasteiger partial charge in [0, 0.05) is 12.3 Å². The van der Waals surface area contributed by atoms with E-state index in [1.54, 1.807) is 0 Å². The molecule has 0 spiro atoms. The molecular weight excluding hydrogens is 612 g/mol. The van der Waals surface area contributed by atoms with Gasteiger partial charge in [0.15, 0.2) is 23.9 Å². The number of anilines is 1. The number of fused-ring (bicyclic) bond motifs is 4. The molecule has 3 aromatic rings. The van der Waals surface area contributed by atoms with Crippen LogP contribution in [0.1, 0.15) is 12.5 Å². The Hall–Kier alpha value is -2.91. The lowest BCUT2D eigenvalue weighted by atomic mass is 10.1. The van der Waals surface area contributed by atoms with Crippen molar-refractivity contribution in [1.82, 2.24) is 29.1 Å². The van der Waals surface area contributed by atoms with Gasteiger partial charge in [0.25, 0.3) is 21.2 Å². The molecule has 21 nitrogen and oxygen atoms in total. The van der Waals surface area contributed by atoms with Gasteiger partial charge < -0.3 is 53.3 Å². The van der Waals surface area contributed by atoms with Crippen LogP contribution < -0.4 is 26.8 Å². The molecule has 0 aliphatic carbocycles. The molecule has 6 heterocycles. The van der Waals surface area contributed by atoms with Crippen LogP contribution in [0.5, 0.6) is 0 Å². The van der Waals surface area contributed by atoms with Crippen LogP contribution in [0.4, 0.5) is 5.82 Å². The minimum Gasteiger partial charge on any atom is -0.756 e. The zero-order chi connectivity index (χ0) is 30.0. The van der Waals surface area contributed by atoms with Crippen molar-refractivity contribution >= 4 is 32.6 Å². The summed E-state index contributed by atoms with van der Waals surface area (Å²) in [7, 11) is -10.7. The van der Waals surface area contributed by atoms with Crippen LogP contribution in [0, 0.1) is 0 Å². The highest BCUT2D eigenvalue weighted by atomic mass is 31.2. The van der Waals surface area contributed by atoms with Crippen LogP contribution in [0.2, 0.25) is 0 Å². The highest BCUT2D eigenvalue weighted by Gasteiger charge is 2.51. The molecule has 3 saturated heterocycles. The van der Waals surface area contributed by atoms with E-state index < -0.39 is 89.2 Å². The highest BCUT2D eigenvalue weighted by molar-refractivity contribution is 7.46. The molecule has 0 radical (unpaired) electrons. The second-order valence-corrected chi connectivity index (χ2v) is 12.1. The zero-order valence-corrected chi connectivity index (χ0v) is 22.6. The van der Waals surface area contributed by atoms with Crippen molar-refractivity contribution in [3.8, 4) is 0 Å². The number of H-pyrrole nitrogens is 1. The molecule has 3 aliphatic rings. The maximum absolute atomic E-state index is 12.9. The monoisotopic (exact) mass is 633 g/mol. The van der Waals surface area contributed by atoms with Gasteiger partial charge in [-0.3, -0.25) is 28.0 Å². The number of phosphoric acid groups is 2. The number of imidazole rings is 1. The Bertz CT molecular complexity index is 1710. The Morgan fingerprint density at radius 2 is 1.60 bits per heavy atom. The number of rotatable bonds is 2. The van der Waals surface area contributed by atoms with Crippen molar-refractivity contribution in [3.05, 3.63) is 45.8 Å². The van der Waals surface area contributed by atoms with Gasteiger partial charge in [-0.05, 0) is 0 Å². The Balaban J connectivity index is 1.31. The Labute approximate surface area is 232 Å². The summed E-state index contributed by atoms with van der Waals surface area (Å²) >= 11 is 0. The van der Waals surface area contributed by atoms with Gasteiger partial charge in [-0.25, -0.2) is 19.7 Å². The van der Waals surface area contributed by atoms with Gasteiger partial charge in [0.05, 0.1) is 19.5 Å². The molecule has 3 aliphatic heterocycles. The molecule has 0 amide bonds. The Kier molecular flexibility index (Phi) is 7.41. The molecule has 42 heavy (non-hydrogen) atoms. The fraction of sp³-hybridized carbons (Fsp3) is 0.526. The largest absolute Gasteiger partial charge is 0.756 e. The zero-order valence-electron chi connectivity index (χ0n) is 20.8. The van der Waals surface area contributed by atoms with Crippen LogP contribution in [0.25, 0.3) is 11.2 Å². The number of hydrogen-bond donors (Lipinski definition) is 4. The number of hydrogen-bond acceptors (Lipinski definition) is 18. The van der Waals surface area contributed by atoms with E-state index in [0.29, 0.717) is 0 Å². The number of phosphoric ester groups is 2. The van der Waals surface area contributed by atoms with Gasteiger partial charge in [-0.2, -0.15) is 0 Å². The predicted molar refractivity (Wildman–Crippen MR) is 128 cm³/mol. The first-order valence-electron chi connectivity index (χ1n) is 12.0. The summed E-state index contributed by atoms with van der Waals surface area (Å²) in [6, 6.07) is 0.923. The van der Waals surface area contributed by atoms with Gasteiger partial charge in [0.2, 0.25) is 0 Å². The van der Waals surface area contributed by atoms with E-state index in [1.165, 1.54) is 10.9 Å². The average molecular weight is 633 g/mol. The first-order chi connectivity index (χ1) is 19.8. The third-order valence-corrected chi connectivity index (χ3v) is 8.64. The first-order valence-corrected chi connectivity index (χ1v) is 15.0. The fourth-order valence-corrected chi connectivity index (χ4v) is 6.65. The first kappa shape index (κ1) is 29.2. The van der Waals surface area contributed by atoms with Gasteiger partial charge in [-0.15, -0.1) is 0 Å².